The number of carbonyl (C=O) groups excluding carboxylic acids is 1. The first kappa shape index (κ1) is 46.6. The normalized spacial score (nSPS) is 14.1. The quantitative estimate of drug-likeness (QED) is 0.0965. The molecule has 1 unspecified atom stereocenters. The average molecular weight is 869 g/mol. The number of likely N-dealkylation sites (N-methyl/N-ethyl adjacent to an activating group) is 1. The van der Waals surface area contributed by atoms with Crippen molar-refractivity contribution < 1.29 is 48.0 Å². The highest BCUT2D eigenvalue weighted by molar-refractivity contribution is 7.90. The first-order valence-electron chi connectivity index (χ1n) is 18.8. The van der Waals surface area contributed by atoms with Gasteiger partial charge in [-0.25, -0.2) is 13.2 Å². The number of carbonyl (C=O) groups is 4. The van der Waals surface area contributed by atoms with Crippen molar-refractivity contribution in [3.05, 3.63) is 111 Å². The third-order valence-electron chi connectivity index (χ3n) is 10.5. The van der Waals surface area contributed by atoms with Crippen molar-refractivity contribution in [2.24, 2.45) is 0 Å². The standard InChI is InChI=1S/C37H39Cl2N3O3S.C6H8O7/c1-4-30-29(23-40)21-27-9-5-6-11-32(27)36(30)37(43)41(2)24-28(26-13-14-33(38)34(39)22-26)17-20-42-18-15-25(16-19-42)31-10-7-8-12-35(31)46(3,44)45;7-3(8)1-6(13,5(11)12)2-4(9)10/h5-14,21-22,25,28H,4,15-20,24H2,1-3H3;13H,1-2H2,(H,7,8)(H,9,10)(H,11,12). The number of hydrogen-bond acceptors (Lipinski definition) is 9. The smallest absolute Gasteiger partial charge is 0.336 e. The number of nitriles is 1. The Bertz CT molecular complexity index is 2340. The van der Waals surface area contributed by atoms with Crippen LogP contribution in [-0.2, 0) is 30.6 Å². The van der Waals surface area contributed by atoms with E-state index in [2.05, 4.69) is 11.0 Å². The van der Waals surface area contributed by atoms with Gasteiger partial charge in [0.25, 0.3) is 5.91 Å². The lowest BCUT2D eigenvalue weighted by molar-refractivity contribution is -0.170. The van der Waals surface area contributed by atoms with E-state index in [-0.39, 0.29) is 17.7 Å². The molecule has 0 saturated carbocycles. The van der Waals surface area contributed by atoms with E-state index in [9.17, 15) is 32.9 Å². The number of fused-ring (bicyclic) bond motifs is 1. The minimum absolute atomic E-state index is 0.0112. The maximum atomic E-state index is 14.2. The summed E-state index contributed by atoms with van der Waals surface area (Å²) in [6, 6.07) is 24.9. The fourth-order valence-corrected chi connectivity index (χ4v) is 8.81. The van der Waals surface area contributed by atoms with Crippen molar-refractivity contribution in [1.82, 2.24) is 9.80 Å². The molecule has 0 aromatic heterocycles. The maximum Gasteiger partial charge on any atom is 0.336 e. The number of rotatable bonds is 15. The van der Waals surface area contributed by atoms with Crippen LogP contribution in [0.1, 0.15) is 83.5 Å². The van der Waals surface area contributed by atoms with E-state index in [0.29, 0.717) is 39.0 Å². The number of hydrogen-bond donors (Lipinski definition) is 4. The molecule has 4 aromatic carbocycles. The largest absolute Gasteiger partial charge is 0.481 e. The Morgan fingerprint density at radius 1 is 0.932 bits per heavy atom. The molecular weight excluding hydrogens is 821 g/mol. The number of benzene rings is 4. The molecule has 59 heavy (non-hydrogen) atoms. The van der Waals surface area contributed by atoms with Gasteiger partial charge in [0.1, 0.15) is 0 Å². The molecule has 16 heteroatoms. The van der Waals surface area contributed by atoms with Gasteiger partial charge in [-0.1, -0.05) is 78.7 Å². The molecule has 0 spiro atoms. The lowest BCUT2D eigenvalue weighted by Crippen LogP contribution is -2.42. The Hall–Kier alpha value is -5.04. The molecule has 1 saturated heterocycles. The summed E-state index contributed by atoms with van der Waals surface area (Å²) in [6.07, 6.45) is 2.11. The summed E-state index contributed by atoms with van der Waals surface area (Å²) in [6.45, 7) is 4.98. The van der Waals surface area contributed by atoms with Crippen LogP contribution in [0.4, 0.5) is 0 Å². The third kappa shape index (κ3) is 12.0. The summed E-state index contributed by atoms with van der Waals surface area (Å²) in [5.74, 6) is -4.94. The summed E-state index contributed by atoms with van der Waals surface area (Å²) < 4.78 is 24.8. The van der Waals surface area contributed by atoms with Crippen LogP contribution in [0.3, 0.4) is 0 Å². The molecule has 1 fully saturated rings. The highest BCUT2D eigenvalue weighted by Gasteiger charge is 2.41. The number of halogens is 2. The van der Waals surface area contributed by atoms with Gasteiger partial charge in [0.2, 0.25) is 0 Å². The van der Waals surface area contributed by atoms with Crippen LogP contribution in [0.25, 0.3) is 10.8 Å². The van der Waals surface area contributed by atoms with E-state index in [1.54, 1.807) is 23.1 Å². The van der Waals surface area contributed by atoms with Gasteiger partial charge >= 0.3 is 17.9 Å². The summed E-state index contributed by atoms with van der Waals surface area (Å²) in [7, 11) is -1.47. The van der Waals surface area contributed by atoms with Crippen LogP contribution in [0.5, 0.6) is 0 Å². The molecule has 4 aromatic rings. The van der Waals surface area contributed by atoms with Crippen molar-refractivity contribution >= 4 is 67.6 Å². The molecule has 1 atom stereocenters. The van der Waals surface area contributed by atoms with E-state index in [1.165, 1.54) is 6.26 Å². The number of carboxylic acids is 3. The highest BCUT2D eigenvalue weighted by Crippen LogP contribution is 2.35. The fraction of sp³-hybridized carbons (Fsp3) is 0.372. The van der Waals surface area contributed by atoms with Crippen molar-refractivity contribution in [3.63, 3.8) is 0 Å². The zero-order valence-electron chi connectivity index (χ0n) is 32.9. The van der Waals surface area contributed by atoms with Gasteiger partial charge in [0.05, 0.1) is 45.0 Å². The molecule has 1 amide bonds. The first-order chi connectivity index (χ1) is 27.8. The number of carboxylic acid groups (broad SMARTS) is 3. The van der Waals surface area contributed by atoms with Gasteiger partial charge in [-0.05, 0) is 103 Å². The Morgan fingerprint density at radius 2 is 1.54 bits per heavy atom. The minimum Gasteiger partial charge on any atom is -0.481 e. The van der Waals surface area contributed by atoms with Crippen LogP contribution in [0.2, 0.25) is 10.0 Å². The molecule has 314 valence electrons. The summed E-state index contributed by atoms with van der Waals surface area (Å²) in [5, 5.41) is 46.4. The monoisotopic (exact) mass is 867 g/mol. The first-order valence-corrected chi connectivity index (χ1v) is 21.5. The molecule has 1 aliphatic rings. The number of sulfone groups is 1. The molecule has 0 bridgehead atoms. The molecule has 0 radical (unpaired) electrons. The van der Waals surface area contributed by atoms with Crippen LogP contribution >= 0.6 is 23.2 Å². The number of nitrogens with zero attached hydrogens (tertiary/aromatic N) is 3. The van der Waals surface area contributed by atoms with Crippen molar-refractivity contribution in [2.45, 2.75) is 67.8 Å². The molecule has 0 aliphatic carbocycles. The number of aliphatic carboxylic acids is 3. The topological polar surface area (TPSA) is 214 Å². The molecule has 1 aliphatic heterocycles. The van der Waals surface area contributed by atoms with E-state index >= 15 is 0 Å². The van der Waals surface area contributed by atoms with E-state index < -0.39 is 46.2 Å². The second kappa shape index (κ2) is 20.3. The third-order valence-corrected chi connectivity index (χ3v) is 12.4. The predicted octanol–water partition coefficient (Wildman–Crippen LogP) is 6.86. The molecule has 1 heterocycles. The average Bonchev–Trinajstić information content (AvgIpc) is 3.18. The lowest BCUT2D eigenvalue weighted by Gasteiger charge is -2.34. The van der Waals surface area contributed by atoms with Gasteiger partial charge < -0.3 is 30.2 Å². The van der Waals surface area contributed by atoms with Gasteiger partial charge in [-0.15, -0.1) is 0 Å². The second-order valence-electron chi connectivity index (χ2n) is 14.7. The Morgan fingerprint density at radius 3 is 2.10 bits per heavy atom. The van der Waals surface area contributed by atoms with Gasteiger partial charge in [-0.3, -0.25) is 14.4 Å². The van der Waals surface area contributed by atoms with Crippen LogP contribution in [-0.4, -0.2) is 108 Å². The second-order valence-corrected chi connectivity index (χ2v) is 17.5. The Balaban J connectivity index is 0.000000509. The van der Waals surface area contributed by atoms with E-state index in [4.69, 9.17) is 43.6 Å². The van der Waals surface area contributed by atoms with Crippen molar-refractivity contribution in [2.75, 3.05) is 39.5 Å². The Labute approximate surface area is 353 Å². The van der Waals surface area contributed by atoms with Crippen LogP contribution < -0.4 is 0 Å². The van der Waals surface area contributed by atoms with Gasteiger partial charge in [0.15, 0.2) is 15.4 Å². The van der Waals surface area contributed by atoms with Gasteiger partial charge in [0, 0.05) is 25.8 Å². The summed E-state index contributed by atoms with van der Waals surface area (Å²) >= 11 is 12.7. The maximum absolute atomic E-state index is 14.2. The lowest BCUT2D eigenvalue weighted by atomic mass is 9.88. The minimum atomic E-state index is -3.30. The van der Waals surface area contributed by atoms with Crippen molar-refractivity contribution in [3.8, 4) is 6.07 Å². The molecule has 4 N–H and O–H groups in total. The SMILES string of the molecule is CCc1c(C#N)cc2ccccc2c1C(=O)N(C)CC(CCN1CCC(c2ccccc2S(C)(=O)=O)CC1)c1ccc(Cl)c(Cl)c1.O=C(O)CC(O)(CC(=O)O)C(=O)O. The zero-order chi connectivity index (χ0) is 43.7. The zero-order valence-corrected chi connectivity index (χ0v) is 35.2. The number of piperidine rings is 1. The summed E-state index contributed by atoms with van der Waals surface area (Å²) in [4.78, 5) is 49.3. The number of likely N-dealkylation sites (tertiary alicyclic amines) is 1. The molecule has 5 rings (SSSR count). The van der Waals surface area contributed by atoms with E-state index in [1.807, 2.05) is 68.6 Å². The van der Waals surface area contributed by atoms with E-state index in [0.717, 1.165) is 66.4 Å². The highest BCUT2D eigenvalue weighted by atomic mass is 35.5. The van der Waals surface area contributed by atoms with Crippen molar-refractivity contribution in [1.29, 1.82) is 5.26 Å². The molecular formula is C43H47Cl2N3O10S. The van der Waals surface area contributed by atoms with Crippen LogP contribution in [0, 0.1) is 11.3 Å². The Kier molecular flexibility index (Phi) is 16.0. The molecule has 13 nitrogen and oxygen atoms in total. The fourth-order valence-electron chi connectivity index (χ4n) is 7.51. The number of aliphatic hydroxyl groups is 1. The number of amides is 1. The van der Waals surface area contributed by atoms with Crippen LogP contribution in [0.15, 0.2) is 77.7 Å². The summed E-state index contributed by atoms with van der Waals surface area (Å²) in [5.41, 5.74) is 1.07. The van der Waals surface area contributed by atoms with Gasteiger partial charge in [-0.2, -0.15) is 5.26 Å². The predicted molar refractivity (Wildman–Crippen MR) is 224 cm³/mol.